The molecule has 0 saturated carbocycles. The van der Waals surface area contributed by atoms with Crippen molar-refractivity contribution in [3.05, 3.63) is 102 Å². The first kappa shape index (κ1) is 18.4. The number of pyridine rings is 1. The number of aromatic amines is 1. The van der Waals surface area contributed by atoms with Crippen LogP contribution in [-0.4, -0.2) is 37.0 Å². The Kier molecular flexibility index (Phi) is 5.78. The van der Waals surface area contributed by atoms with E-state index in [1.54, 1.807) is 0 Å². The summed E-state index contributed by atoms with van der Waals surface area (Å²) in [5.41, 5.74) is 3.36. The molecule has 2 N–H and O–H groups in total. The summed E-state index contributed by atoms with van der Waals surface area (Å²) in [4.78, 5) is 20.3. The van der Waals surface area contributed by atoms with E-state index in [1.165, 1.54) is 10.6 Å². The van der Waals surface area contributed by atoms with Crippen LogP contribution in [0.1, 0.15) is 22.7 Å². The predicted octanol–water partition coefficient (Wildman–Crippen LogP) is 1.56. The van der Waals surface area contributed by atoms with Gasteiger partial charge in [0.15, 0.2) is 12.7 Å². The van der Waals surface area contributed by atoms with E-state index >= 15 is 0 Å². The number of aromatic nitrogens is 1. The molecular weight excluding hydrogens is 346 g/mol. The molecule has 2 heterocycles. The highest BCUT2D eigenvalue weighted by Gasteiger charge is 2.31. The number of rotatable bonds is 5. The fraction of sp³-hybridized carbons (Fsp3) is 0.250. The molecule has 4 rings (SSSR count). The van der Waals surface area contributed by atoms with E-state index in [-0.39, 0.29) is 11.8 Å². The standard InChI is InChI=1S/C24H25N3O/c28-24(23(20-9-3-1-4-10-20)21-11-5-2-6-12-21)27-17-15-26(16-18-27)19-22-13-7-8-14-25-22/h1-14,23H,15-19H2/p+2. The van der Waals surface area contributed by atoms with Crippen LogP contribution in [0.5, 0.6) is 0 Å². The maximum atomic E-state index is 13.5. The van der Waals surface area contributed by atoms with Gasteiger partial charge in [-0.1, -0.05) is 60.7 Å². The van der Waals surface area contributed by atoms with Crippen LogP contribution in [0.3, 0.4) is 0 Å². The fourth-order valence-electron chi connectivity index (χ4n) is 3.98. The zero-order chi connectivity index (χ0) is 19.2. The number of quaternary nitrogens is 1. The van der Waals surface area contributed by atoms with E-state index < -0.39 is 0 Å². The number of hydrogen-bond acceptors (Lipinski definition) is 1. The monoisotopic (exact) mass is 373 g/mol. The predicted molar refractivity (Wildman–Crippen MR) is 109 cm³/mol. The summed E-state index contributed by atoms with van der Waals surface area (Å²) in [6.07, 6.45) is 1.97. The number of nitrogens with one attached hydrogen (secondary N) is 2. The zero-order valence-electron chi connectivity index (χ0n) is 16.1. The summed E-state index contributed by atoms with van der Waals surface area (Å²) in [6.45, 7) is 4.54. The maximum Gasteiger partial charge on any atom is 0.234 e. The van der Waals surface area contributed by atoms with Gasteiger partial charge in [0.2, 0.25) is 11.6 Å². The first-order chi connectivity index (χ1) is 13.8. The minimum atomic E-state index is -0.230. The van der Waals surface area contributed by atoms with Gasteiger partial charge in [0.25, 0.3) is 0 Å². The number of carbonyl (C=O) groups excluding carboxylic acids is 1. The molecule has 0 atom stereocenters. The van der Waals surface area contributed by atoms with Gasteiger partial charge in [-0.25, -0.2) is 4.98 Å². The molecule has 0 bridgehead atoms. The summed E-state index contributed by atoms with van der Waals surface area (Å²) in [5.74, 6) is -0.0193. The average molecular weight is 374 g/mol. The molecule has 1 aliphatic rings. The molecule has 1 amide bonds. The topological polar surface area (TPSA) is 38.9 Å². The highest BCUT2D eigenvalue weighted by molar-refractivity contribution is 5.87. The molecular formula is C24H27N3O+2. The SMILES string of the molecule is O=C(C(c1ccccc1)c1ccccc1)N1CC[NH+](Cc2cccc[nH+]2)CC1. The zero-order valence-corrected chi connectivity index (χ0v) is 16.1. The number of H-pyrrole nitrogens is 1. The molecule has 1 aromatic heterocycles. The van der Waals surface area contributed by atoms with E-state index in [1.807, 2.05) is 53.6 Å². The molecule has 1 fully saturated rings. The van der Waals surface area contributed by atoms with Crippen LogP contribution >= 0.6 is 0 Å². The van der Waals surface area contributed by atoms with Crippen molar-refractivity contribution in [3.8, 4) is 0 Å². The lowest BCUT2D eigenvalue weighted by Gasteiger charge is -2.34. The second kappa shape index (κ2) is 8.81. The Morgan fingerprint density at radius 1 is 0.857 bits per heavy atom. The quantitative estimate of drug-likeness (QED) is 0.724. The summed E-state index contributed by atoms with van der Waals surface area (Å²) in [6, 6.07) is 26.5. The van der Waals surface area contributed by atoms with Crippen molar-refractivity contribution in [2.75, 3.05) is 26.2 Å². The van der Waals surface area contributed by atoms with E-state index in [2.05, 4.69) is 41.4 Å². The smallest absolute Gasteiger partial charge is 0.234 e. The first-order valence-corrected chi connectivity index (χ1v) is 9.99. The molecule has 1 aliphatic heterocycles. The third-order valence-electron chi connectivity index (χ3n) is 5.51. The third kappa shape index (κ3) is 4.29. The summed E-state index contributed by atoms with van der Waals surface area (Å²) in [5, 5.41) is 0. The van der Waals surface area contributed by atoms with Crippen LogP contribution in [-0.2, 0) is 11.3 Å². The molecule has 4 heteroatoms. The van der Waals surface area contributed by atoms with Gasteiger partial charge in [0.05, 0.1) is 32.1 Å². The molecule has 0 unspecified atom stereocenters. The minimum absolute atomic E-state index is 0.211. The van der Waals surface area contributed by atoms with Crippen molar-refractivity contribution in [2.24, 2.45) is 0 Å². The van der Waals surface area contributed by atoms with Gasteiger partial charge in [-0.05, 0) is 17.2 Å². The molecule has 0 aliphatic carbocycles. The number of amides is 1. The van der Waals surface area contributed by atoms with Gasteiger partial charge in [-0.15, -0.1) is 0 Å². The molecule has 142 valence electrons. The second-order valence-electron chi connectivity index (χ2n) is 7.39. The van der Waals surface area contributed by atoms with Gasteiger partial charge in [-0.3, -0.25) is 4.79 Å². The van der Waals surface area contributed by atoms with Crippen LogP contribution in [0.15, 0.2) is 85.1 Å². The lowest BCUT2D eigenvalue weighted by atomic mass is 9.90. The van der Waals surface area contributed by atoms with E-state index in [4.69, 9.17) is 0 Å². The van der Waals surface area contributed by atoms with Gasteiger partial charge in [0, 0.05) is 12.1 Å². The first-order valence-electron chi connectivity index (χ1n) is 9.99. The lowest BCUT2D eigenvalue weighted by molar-refractivity contribution is -0.921. The van der Waals surface area contributed by atoms with E-state index in [0.29, 0.717) is 0 Å². The number of hydrogen-bond donors (Lipinski definition) is 1. The Hall–Kier alpha value is -2.98. The highest BCUT2D eigenvalue weighted by Crippen LogP contribution is 2.26. The van der Waals surface area contributed by atoms with Crippen molar-refractivity contribution >= 4 is 5.91 Å². The van der Waals surface area contributed by atoms with Crippen LogP contribution in [0.2, 0.25) is 0 Å². The summed E-state index contributed by atoms with van der Waals surface area (Å²) < 4.78 is 0. The normalized spacial score (nSPS) is 15.0. The Bertz CT molecular complexity index is 836. The van der Waals surface area contributed by atoms with Crippen LogP contribution < -0.4 is 9.88 Å². The molecule has 1 saturated heterocycles. The van der Waals surface area contributed by atoms with E-state index in [9.17, 15) is 4.79 Å². The summed E-state index contributed by atoms with van der Waals surface area (Å²) in [7, 11) is 0. The molecule has 0 radical (unpaired) electrons. The summed E-state index contributed by atoms with van der Waals surface area (Å²) >= 11 is 0. The molecule has 28 heavy (non-hydrogen) atoms. The van der Waals surface area contributed by atoms with Crippen molar-refractivity contribution in [2.45, 2.75) is 12.5 Å². The second-order valence-corrected chi connectivity index (χ2v) is 7.39. The molecule has 4 nitrogen and oxygen atoms in total. The molecule has 0 spiro atoms. The van der Waals surface area contributed by atoms with Crippen molar-refractivity contribution < 1.29 is 14.7 Å². The van der Waals surface area contributed by atoms with Gasteiger partial charge in [0.1, 0.15) is 0 Å². The van der Waals surface area contributed by atoms with Crippen molar-refractivity contribution in [3.63, 3.8) is 0 Å². The number of nitrogens with zero attached hydrogens (tertiary/aromatic N) is 1. The van der Waals surface area contributed by atoms with Gasteiger partial charge < -0.3 is 9.80 Å². The number of benzene rings is 2. The Balaban J connectivity index is 1.46. The molecule has 3 aromatic rings. The lowest BCUT2D eigenvalue weighted by Crippen LogP contribution is -3.13. The number of piperazine rings is 1. The Morgan fingerprint density at radius 2 is 1.43 bits per heavy atom. The maximum absolute atomic E-state index is 13.5. The largest absolute Gasteiger partial charge is 0.331 e. The Morgan fingerprint density at radius 3 is 1.96 bits per heavy atom. The Labute approximate surface area is 166 Å². The highest BCUT2D eigenvalue weighted by atomic mass is 16.2. The van der Waals surface area contributed by atoms with Gasteiger partial charge >= 0.3 is 0 Å². The van der Waals surface area contributed by atoms with Crippen LogP contribution in [0.25, 0.3) is 0 Å². The minimum Gasteiger partial charge on any atom is -0.331 e. The van der Waals surface area contributed by atoms with Crippen molar-refractivity contribution in [1.29, 1.82) is 0 Å². The number of carbonyl (C=O) groups is 1. The van der Waals surface area contributed by atoms with E-state index in [0.717, 1.165) is 43.9 Å². The van der Waals surface area contributed by atoms with Gasteiger partial charge in [-0.2, -0.15) is 0 Å². The van der Waals surface area contributed by atoms with Crippen LogP contribution in [0.4, 0.5) is 0 Å². The van der Waals surface area contributed by atoms with Crippen molar-refractivity contribution in [1.82, 2.24) is 4.90 Å². The third-order valence-corrected chi connectivity index (χ3v) is 5.51. The van der Waals surface area contributed by atoms with Crippen LogP contribution in [0, 0.1) is 0 Å². The average Bonchev–Trinajstić information content (AvgIpc) is 2.77. The molecule has 2 aromatic carbocycles. The fourth-order valence-corrected chi connectivity index (χ4v) is 3.98.